The van der Waals surface area contributed by atoms with Crippen LogP contribution in [0.15, 0.2) is 36.4 Å². The summed E-state index contributed by atoms with van der Waals surface area (Å²) in [6.45, 7) is 0. The van der Waals surface area contributed by atoms with Crippen LogP contribution in [0.5, 0.6) is 0 Å². The Morgan fingerprint density at radius 2 is 1.37 bits per heavy atom. The van der Waals surface area contributed by atoms with Crippen LogP contribution < -0.4 is 0 Å². The van der Waals surface area contributed by atoms with E-state index in [9.17, 15) is 9.59 Å². The monoisotopic (exact) mass is 252 g/mol. The highest BCUT2D eigenvalue weighted by Crippen LogP contribution is 2.69. The molecule has 1 saturated heterocycles. The molecule has 2 bridgehead atoms. The number of carbonyl (C=O) groups excluding carboxylic acids is 2. The summed E-state index contributed by atoms with van der Waals surface area (Å²) in [6.07, 6.45) is 6.06. The molecule has 5 aliphatic rings. The zero-order valence-electron chi connectivity index (χ0n) is 10.3. The maximum atomic E-state index is 12.8. The predicted octanol–water partition coefficient (Wildman–Crippen LogP) is 2.17. The van der Waals surface area contributed by atoms with Gasteiger partial charge in [0.15, 0.2) is 22.8 Å². The third-order valence-electron chi connectivity index (χ3n) is 5.33. The van der Waals surface area contributed by atoms with Crippen LogP contribution in [0.4, 0.5) is 0 Å². The average molecular weight is 252 g/mol. The molecule has 0 N–H and O–H groups in total. The molecular weight excluding hydrogens is 240 g/mol. The van der Waals surface area contributed by atoms with Crippen molar-refractivity contribution in [1.29, 1.82) is 0 Å². The number of ether oxygens (including phenoxy) is 1. The molecule has 0 amide bonds. The van der Waals surface area contributed by atoms with Crippen LogP contribution in [0.3, 0.4) is 0 Å². The normalized spacial score (nSPS) is 44.6. The fraction of sp³-hybridized carbons (Fsp3) is 0.375. The lowest BCUT2D eigenvalue weighted by Crippen LogP contribution is -2.56. The van der Waals surface area contributed by atoms with E-state index in [1.54, 1.807) is 12.1 Å². The first-order chi connectivity index (χ1) is 9.22. The van der Waals surface area contributed by atoms with Gasteiger partial charge < -0.3 is 4.74 Å². The minimum Gasteiger partial charge on any atom is -0.344 e. The van der Waals surface area contributed by atoms with Crippen LogP contribution in [0.25, 0.3) is 0 Å². The summed E-state index contributed by atoms with van der Waals surface area (Å²) in [5.74, 6) is 0.174. The molecule has 2 fully saturated rings. The minimum absolute atomic E-state index is 0.0155. The maximum absolute atomic E-state index is 12.8. The molecule has 0 aromatic heterocycles. The molecule has 1 heterocycles. The van der Waals surface area contributed by atoms with Gasteiger partial charge in [-0.25, -0.2) is 0 Å². The molecule has 4 atom stereocenters. The SMILES string of the molecule is O=C1c2ccccc2C(=O)[C@]23O[C@@]12[C@@H]1C=C[C@H]3CC1. The van der Waals surface area contributed by atoms with Gasteiger partial charge in [0.25, 0.3) is 0 Å². The Balaban J connectivity index is 1.84. The lowest BCUT2D eigenvalue weighted by atomic mass is 9.56. The zero-order chi connectivity index (χ0) is 12.8. The van der Waals surface area contributed by atoms with Gasteiger partial charge >= 0.3 is 0 Å². The van der Waals surface area contributed by atoms with Gasteiger partial charge in [-0.1, -0.05) is 36.4 Å². The molecule has 3 nitrogen and oxygen atoms in total. The van der Waals surface area contributed by atoms with Crippen molar-refractivity contribution in [3.63, 3.8) is 0 Å². The smallest absolute Gasteiger partial charge is 0.199 e. The summed E-state index contributed by atoms with van der Waals surface area (Å²) in [7, 11) is 0. The van der Waals surface area contributed by atoms with Gasteiger partial charge in [-0.15, -0.1) is 0 Å². The molecule has 94 valence electrons. The highest BCUT2D eigenvalue weighted by atomic mass is 16.6. The van der Waals surface area contributed by atoms with E-state index in [4.69, 9.17) is 4.74 Å². The third kappa shape index (κ3) is 0.801. The van der Waals surface area contributed by atoms with Crippen molar-refractivity contribution in [2.24, 2.45) is 11.8 Å². The molecule has 1 aromatic rings. The standard InChI is InChI=1S/C16H12O3/c17-13-11-3-1-2-4-12(11)14(18)16-10-7-5-9(6-8-10)15(13,16)19-16/h1-5,7,9-10H,6,8H2/t9-,10+,15-,16-/m0/s1. The third-order valence-corrected chi connectivity index (χ3v) is 5.33. The maximum Gasteiger partial charge on any atom is 0.199 e. The van der Waals surface area contributed by atoms with Crippen LogP contribution in [-0.4, -0.2) is 22.8 Å². The van der Waals surface area contributed by atoms with Crippen LogP contribution >= 0.6 is 0 Å². The largest absolute Gasteiger partial charge is 0.344 e. The molecular formula is C16H12O3. The molecule has 3 heteroatoms. The van der Waals surface area contributed by atoms with Gasteiger partial charge in [-0.05, 0) is 12.8 Å². The highest BCUT2D eigenvalue weighted by molar-refractivity contribution is 6.26. The Labute approximate surface area is 110 Å². The van der Waals surface area contributed by atoms with Crippen LogP contribution in [0.1, 0.15) is 33.6 Å². The second-order valence-corrected chi connectivity index (χ2v) is 5.95. The summed E-state index contributed by atoms with van der Waals surface area (Å²) in [6, 6.07) is 7.13. The topological polar surface area (TPSA) is 46.7 Å². The summed E-state index contributed by atoms with van der Waals surface area (Å²) in [4.78, 5) is 25.7. The fourth-order valence-corrected chi connectivity index (χ4v) is 4.47. The number of ketones is 2. The van der Waals surface area contributed by atoms with Crippen molar-refractivity contribution in [1.82, 2.24) is 0 Å². The van der Waals surface area contributed by atoms with Gasteiger partial charge in [-0.2, -0.15) is 0 Å². The number of hydrogen-bond donors (Lipinski definition) is 0. The lowest BCUT2D eigenvalue weighted by molar-refractivity contribution is 0.0735. The number of carbonyl (C=O) groups is 2. The van der Waals surface area contributed by atoms with Crippen LogP contribution in [0, 0.1) is 11.8 Å². The molecule has 1 aliphatic heterocycles. The molecule has 0 radical (unpaired) electrons. The first-order valence-electron chi connectivity index (χ1n) is 6.79. The Bertz CT molecular complexity index is 632. The summed E-state index contributed by atoms with van der Waals surface area (Å²) >= 11 is 0. The second-order valence-electron chi connectivity index (χ2n) is 5.95. The Kier molecular flexibility index (Phi) is 1.45. The van der Waals surface area contributed by atoms with Crippen molar-refractivity contribution >= 4 is 11.6 Å². The number of hydrogen-bond acceptors (Lipinski definition) is 3. The van der Waals surface area contributed by atoms with Gasteiger partial charge in [0.05, 0.1) is 0 Å². The summed E-state index contributed by atoms with van der Waals surface area (Å²) in [5.41, 5.74) is -0.644. The van der Waals surface area contributed by atoms with E-state index in [2.05, 4.69) is 12.2 Å². The zero-order valence-corrected chi connectivity index (χ0v) is 10.3. The Morgan fingerprint density at radius 1 is 0.895 bits per heavy atom. The second kappa shape index (κ2) is 2.73. The lowest BCUT2D eigenvalue weighted by Gasteiger charge is -2.40. The molecule has 0 spiro atoms. The number of benzene rings is 1. The van der Waals surface area contributed by atoms with Gasteiger partial charge in [0.2, 0.25) is 0 Å². The van der Waals surface area contributed by atoms with Crippen molar-refractivity contribution in [3.8, 4) is 0 Å². The number of epoxide rings is 1. The number of fused-ring (bicyclic) bond motifs is 2. The molecule has 6 rings (SSSR count). The molecule has 4 aliphatic carbocycles. The predicted molar refractivity (Wildman–Crippen MR) is 67.0 cm³/mol. The van der Waals surface area contributed by atoms with Crippen molar-refractivity contribution in [3.05, 3.63) is 47.5 Å². The first-order valence-corrected chi connectivity index (χ1v) is 6.79. The summed E-state index contributed by atoms with van der Waals surface area (Å²) < 4.78 is 5.95. The first kappa shape index (κ1) is 10.1. The van der Waals surface area contributed by atoms with Gasteiger partial charge in [0.1, 0.15) is 0 Å². The summed E-state index contributed by atoms with van der Waals surface area (Å²) in [5, 5.41) is 0. The Hall–Kier alpha value is -1.74. The number of rotatable bonds is 0. The quantitative estimate of drug-likeness (QED) is 0.525. The van der Waals surface area contributed by atoms with E-state index in [-0.39, 0.29) is 23.4 Å². The van der Waals surface area contributed by atoms with Crippen molar-refractivity contribution in [2.75, 3.05) is 0 Å². The van der Waals surface area contributed by atoms with Crippen molar-refractivity contribution < 1.29 is 14.3 Å². The van der Waals surface area contributed by atoms with E-state index in [0.29, 0.717) is 11.1 Å². The molecule has 1 aromatic carbocycles. The van der Waals surface area contributed by atoms with E-state index in [1.165, 1.54) is 0 Å². The van der Waals surface area contributed by atoms with Gasteiger partial charge in [-0.3, -0.25) is 9.59 Å². The van der Waals surface area contributed by atoms with Crippen LogP contribution in [0.2, 0.25) is 0 Å². The molecule has 1 saturated carbocycles. The molecule has 0 unspecified atom stereocenters. The average Bonchev–Trinajstić information content (AvgIpc) is 3.22. The van der Waals surface area contributed by atoms with E-state index < -0.39 is 11.2 Å². The van der Waals surface area contributed by atoms with Crippen LogP contribution in [-0.2, 0) is 4.74 Å². The fourth-order valence-electron chi connectivity index (χ4n) is 4.47. The minimum atomic E-state index is -0.865. The number of Topliss-reactive ketones (excluding diaryl/α,β-unsaturated/α-hetero) is 2. The van der Waals surface area contributed by atoms with E-state index >= 15 is 0 Å². The van der Waals surface area contributed by atoms with Gasteiger partial charge in [0, 0.05) is 23.0 Å². The Morgan fingerprint density at radius 3 is 1.79 bits per heavy atom. The van der Waals surface area contributed by atoms with E-state index in [0.717, 1.165) is 12.8 Å². The highest BCUT2D eigenvalue weighted by Gasteiger charge is 2.86. The molecule has 19 heavy (non-hydrogen) atoms. The van der Waals surface area contributed by atoms with Crippen molar-refractivity contribution in [2.45, 2.75) is 24.0 Å². The van der Waals surface area contributed by atoms with E-state index in [1.807, 2.05) is 12.1 Å².